The van der Waals surface area contributed by atoms with Crippen LogP contribution in [0.4, 0.5) is 11.8 Å². The van der Waals surface area contributed by atoms with Gasteiger partial charge in [-0.3, -0.25) is 4.79 Å². The average molecular weight is 748 g/mol. The second kappa shape index (κ2) is 18.0. The summed E-state index contributed by atoms with van der Waals surface area (Å²) in [7, 11) is -3.97. The molecule has 8 N–H and O–H groups in total. The van der Waals surface area contributed by atoms with Gasteiger partial charge in [-0.25, -0.2) is 18.1 Å². The van der Waals surface area contributed by atoms with Crippen LogP contribution in [0.1, 0.15) is 93.4 Å². The van der Waals surface area contributed by atoms with Gasteiger partial charge in [0.05, 0.1) is 16.8 Å². The highest BCUT2D eigenvalue weighted by atomic mass is 35.5. The van der Waals surface area contributed by atoms with Gasteiger partial charge in [0.1, 0.15) is 0 Å². The van der Waals surface area contributed by atoms with E-state index in [0.717, 1.165) is 69.9 Å². The van der Waals surface area contributed by atoms with Crippen molar-refractivity contribution in [1.82, 2.24) is 29.6 Å². The predicted octanol–water partition coefficient (Wildman–Crippen LogP) is 4.28. The van der Waals surface area contributed by atoms with Crippen LogP contribution in [0.3, 0.4) is 0 Å². The Morgan fingerprint density at radius 3 is 2.12 bits per heavy atom. The molecule has 3 fully saturated rings. The van der Waals surface area contributed by atoms with Gasteiger partial charge in [0, 0.05) is 43.3 Å². The van der Waals surface area contributed by atoms with Gasteiger partial charge in [-0.1, -0.05) is 25.0 Å². The second-order valence-corrected chi connectivity index (χ2v) is 14.6. The standard InChI is InChI=1S/C31H46N10O3S.3ClH/c32-20-9-13-22(14-10-20)37-30(42)25-7-3-4-8-26(25)45(43,44)36-18-17-34-28-27-29(41(19-35-27)24-5-1-2-6-24)40-31(39-28)38-23-15-11-21(33)12-16-23;;;/h3-4,7-8,19-24,36H,1-2,5-6,9-18,32-33H2,(H,37,42)(H2,34,38,39,40);3*1H. The summed E-state index contributed by atoms with van der Waals surface area (Å²) in [6.07, 6.45) is 13.5. The molecule has 0 saturated heterocycles. The van der Waals surface area contributed by atoms with Crippen molar-refractivity contribution in [2.24, 2.45) is 11.5 Å². The molecule has 3 aromatic rings. The Kier molecular flexibility index (Phi) is 15.0. The number of amides is 1. The van der Waals surface area contributed by atoms with Crippen molar-refractivity contribution < 1.29 is 13.2 Å². The molecule has 2 heterocycles. The summed E-state index contributed by atoms with van der Waals surface area (Å²) in [5, 5.41) is 9.80. The van der Waals surface area contributed by atoms with E-state index in [0.29, 0.717) is 23.3 Å². The number of sulfonamides is 1. The first kappa shape index (κ1) is 40.0. The number of nitrogens with one attached hydrogen (secondary N) is 4. The van der Waals surface area contributed by atoms with Crippen molar-refractivity contribution in [3.8, 4) is 0 Å². The van der Waals surface area contributed by atoms with Crippen LogP contribution >= 0.6 is 37.2 Å². The van der Waals surface area contributed by atoms with Crippen LogP contribution in [0.25, 0.3) is 11.2 Å². The summed E-state index contributed by atoms with van der Waals surface area (Å²) in [4.78, 5) is 27.4. The van der Waals surface area contributed by atoms with Crippen LogP contribution < -0.4 is 32.1 Å². The minimum atomic E-state index is -3.97. The smallest absolute Gasteiger partial charge is 0.252 e. The third-order valence-corrected chi connectivity index (χ3v) is 11.0. The molecule has 13 nitrogen and oxygen atoms in total. The molecule has 3 aliphatic rings. The fourth-order valence-corrected chi connectivity index (χ4v) is 8.09. The highest BCUT2D eigenvalue weighted by Gasteiger charge is 2.27. The number of hydrogen-bond acceptors (Lipinski definition) is 10. The fourth-order valence-electron chi connectivity index (χ4n) is 6.86. The first-order chi connectivity index (χ1) is 21.8. The summed E-state index contributed by atoms with van der Waals surface area (Å²) >= 11 is 0. The molecule has 0 aliphatic heterocycles. The van der Waals surface area contributed by atoms with Crippen molar-refractivity contribution >= 4 is 76.1 Å². The lowest BCUT2D eigenvalue weighted by molar-refractivity contribution is 0.0922. The molecule has 0 atom stereocenters. The molecule has 268 valence electrons. The van der Waals surface area contributed by atoms with E-state index in [1.807, 2.05) is 6.33 Å². The number of hydrogen-bond donors (Lipinski definition) is 6. The van der Waals surface area contributed by atoms with Gasteiger partial charge in [0.25, 0.3) is 5.91 Å². The SMILES string of the molecule is Cl.Cl.Cl.NC1CCC(NC(=O)c2ccccc2S(=O)(=O)NCCNc2nc(NC3CCC(N)CC3)nc3c2ncn3C2CCCC2)CC1. The summed E-state index contributed by atoms with van der Waals surface area (Å²) < 4.78 is 31.5. The van der Waals surface area contributed by atoms with Gasteiger partial charge in [-0.2, -0.15) is 9.97 Å². The molecule has 48 heavy (non-hydrogen) atoms. The van der Waals surface area contributed by atoms with E-state index in [2.05, 4.69) is 30.2 Å². The molecular formula is C31H49Cl3N10O3S. The third-order valence-electron chi connectivity index (χ3n) is 9.48. The molecule has 1 amide bonds. The average Bonchev–Trinajstić information content (AvgIpc) is 3.72. The second-order valence-electron chi connectivity index (χ2n) is 12.8. The number of nitrogens with two attached hydrogens (primary N) is 2. The lowest BCUT2D eigenvalue weighted by atomic mass is 9.91. The number of anilines is 2. The van der Waals surface area contributed by atoms with Gasteiger partial charge in [0.2, 0.25) is 16.0 Å². The summed E-state index contributed by atoms with van der Waals surface area (Å²) in [5.74, 6) is 0.694. The van der Waals surface area contributed by atoms with E-state index >= 15 is 0 Å². The Morgan fingerprint density at radius 1 is 0.833 bits per heavy atom. The number of carbonyl (C=O) groups excluding carboxylic acids is 1. The monoisotopic (exact) mass is 746 g/mol. The van der Waals surface area contributed by atoms with E-state index in [9.17, 15) is 13.2 Å². The van der Waals surface area contributed by atoms with Crippen LogP contribution in [-0.4, -0.2) is 71.1 Å². The molecule has 17 heteroatoms. The molecule has 2 aromatic heterocycles. The molecule has 3 saturated carbocycles. The fraction of sp³-hybridized carbons (Fsp3) is 0.613. The zero-order valence-corrected chi connectivity index (χ0v) is 30.2. The van der Waals surface area contributed by atoms with Crippen molar-refractivity contribution in [3.05, 3.63) is 36.2 Å². The summed E-state index contributed by atoms with van der Waals surface area (Å²) in [5.41, 5.74) is 13.7. The topological polar surface area (TPSA) is 195 Å². The van der Waals surface area contributed by atoms with Crippen molar-refractivity contribution in [3.63, 3.8) is 0 Å². The zero-order chi connectivity index (χ0) is 31.4. The maximum absolute atomic E-state index is 13.4. The van der Waals surface area contributed by atoms with Crippen LogP contribution in [0, 0.1) is 0 Å². The maximum atomic E-state index is 13.4. The molecule has 0 bridgehead atoms. The molecule has 1 aromatic carbocycles. The number of fused-ring (bicyclic) bond motifs is 1. The van der Waals surface area contributed by atoms with Crippen LogP contribution in [0.5, 0.6) is 0 Å². The Labute approximate surface area is 301 Å². The van der Waals surface area contributed by atoms with E-state index < -0.39 is 15.9 Å². The van der Waals surface area contributed by atoms with Crippen molar-refractivity contribution in [2.75, 3.05) is 23.7 Å². The Morgan fingerprint density at radius 2 is 1.46 bits per heavy atom. The van der Waals surface area contributed by atoms with Gasteiger partial charge < -0.3 is 32.0 Å². The van der Waals surface area contributed by atoms with E-state index in [-0.39, 0.29) is 84.9 Å². The Balaban J connectivity index is 0.00000208. The normalized spacial score (nSPS) is 23.0. The van der Waals surface area contributed by atoms with Gasteiger partial charge in [0.15, 0.2) is 17.0 Å². The predicted molar refractivity (Wildman–Crippen MR) is 196 cm³/mol. The van der Waals surface area contributed by atoms with E-state index in [4.69, 9.17) is 21.4 Å². The molecule has 6 rings (SSSR count). The summed E-state index contributed by atoms with van der Waals surface area (Å²) in [6.45, 7) is 0.340. The number of halogens is 3. The number of benzene rings is 1. The molecule has 0 spiro atoms. The van der Waals surface area contributed by atoms with E-state index in [1.54, 1.807) is 18.2 Å². The third kappa shape index (κ3) is 9.61. The first-order valence-electron chi connectivity index (χ1n) is 16.4. The van der Waals surface area contributed by atoms with Crippen LogP contribution in [0.15, 0.2) is 35.5 Å². The molecular weight excluding hydrogens is 699 g/mol. The number of rotatable bonds is 11. The molecule has 0 radical (unpaired) electrons. The zero-order valence-electron chi connectivity index (χ0n) is 27.0. The highest BCUT2D eigenvalue weighted by Crippen LogP contribution is 2.33. The number of aromatic nitrogens is 4. The number of nitrogens with zero attached hydrogens (tertiary/aromatic N) is 4. The van der Waals surface area contributed by atoms with Gasteiger partial charge in [-0.15, -0.1) is 37.2 Å². The summed E-state index contributed by atoms with van der Waals surface area (Å²) in [6, 6.07) is 7.29. The van der Waals surface area contributed by atoms with Crippen LogP contribution in [-0.2, 0) is 10.0 Å². The molecule has 0 unspecified atom stereocenters. The Hall–Kier alpha value is -2.46. The van der Waals surface area contributed by atoms with Crippen molar-refractivity contribution in [2.45, 2.75) is 112 Å². The molecule has 3 aliphatic carbocycles. The van der Waals surface area contributed by atoms with E-state index in [1.165, 1.54) is 18.9 Å². The Bertz CT molecular complexity index is 1590. The largest absolute Gasteiger partial charge is 0.367 e. The minimum Gasteiger partial charge on any atom is -0.367 e. The quantitative estimate of drug-likeness (QED) is 0.154. The van der Waals surface area contributed by atoms with Crippen LogP contribution in [0.2, 0.25) is 0 Å². The van der Waals surface area contributed by atoms with Crippen molar-refractivity contribution in [1.29, 1.82) is 0 Å². The lowest BCUT2D eigenvalue weighted by Gasteiger charge is -2.27. The number of imidazole rings is 1. The maximum Gasteiger partial charge on any atom is 0.252 e. The minimum absolute atomic E-state index is 0. The first-order valence-corrected chi connectivity index (χ1v) is 17.9. The number of carbonyl (C=O) groups is 1. The van der Waals surface area contributed by atoms with Gasteiger partial charge >= 0.3 is 0 Å². The van der Waals surface area contributed by atoms with Gasteiger partial charge in [-0.05, 0) is 76.3 Å². The lowest BCUT2D eigenvalue weighted by Crippen LogP contribution is -2.41. The highest BCUT2D eigenvalue weighted by molar-refractivity contribution is 7.89.